The molecule has 3 fully saturated rings. The SMILES string of the molecule is COC(=O)CC[C@@H](C)[C@H]1CC[C@H]2[C@@H]3CC[C@@H]4C[C@H](OC(=O)c5ccccc5)CC[C@]4(C)C3=CC(=O)[C@]12C. The number of methoxy groups -OCH3 is 1. The van der Waals surface area contributed by atoms with Crippen molar-refractivity contribution in [2.45, 2.75) is 84.7 Å². The number of carbonyl (C=O) groups is 3. The minimum absolute atomic E-state index is 0.00411. The van der Waals surface area contributed by atoms with Crippen molar-refractivity contribution in [3.8, 4) is 0 Å². The number of rotatable bonds is 6. The van der Waals surface area contributed by atoms with Crippen molar-refractivity contribution in [3.63, 3.8) is 0 Å². The summed E-state index contributed by atoms with van der Waals surface area (Å²) in [6, 6.07) is 9.25. The highest BCUT2D eigenvalue weighted by atomic mass is 16.5. The Labute approximate surface area is 221 Å². The van der Waals surface area contributed by atoms with Crippen LogP contribution >= 0.6 is 0 Å². The summed E-state index contributed by atoms with van der Waals surface area (Å²) in [5.41, 5.74) is 1.65. The number of ether oxygens (including phenoxy) is 2. The third-order valence-corrected chi connectivity index (χ3v) is 11.0. The van der Waals surface area contributed by atoms with E-state index in [9.17, 15) is 14.4 Å². The Kier molecular flexibility index (Phi) is 7.10. The first kappa shape index (κ1) is 26.2. The predicted octanol–water partition coefficient (Wildman–Crippen LogP) is 6.56. The summed E-state index contributed by atoms with van der Waals surface area (Å²) in [5.74, 6) is 1.81. The van der Waals surface area contributed by atoms with Crippen LogP contribution in [0.25, 0.3) is 0 Å². The van der Waals surface area contributed by atoms with E-state index in [4.69, 9.17) is 9.47 Å². The van der Waals surface area contributed by atoms with Crippen LogP contribution in [0.2, 0.25) is 0 Å². The summed E-state index contributed by atoms with van der Waals surface area (Å²) in [7, 11) is 1.44. The van der Waals surface area contributed by atoms with Gasteiger partial charge in [-0.25, -0.2) is 4.79 Å². The van der Waals surface area contributed by atoms with Gasteiger partial charge in [0.15, 0.2) is 5.78 Å². The van der Waals surface area contributed by atoms with Gasteiger partial charge in [0.1, 0.15) is 6.10 Å². The standard InChI is InChI=1S/C32H42O5/c1-20(10-15-29(34)36-4)25-13-14-26-24-12-11-22-18-23(37-30(35)21-8-6-5-7-9-21)16-17-31(22,2)27(24)19-28(33)32(25,26)3/h5-9,19-20,22-26H,10-18H2,1-4H3/t20-,22-,23-,24+,25-,26+,31+,32-/m1/s1. The Morgan fingerprint density at radius 1 is 1.05 bits per heavy atom. The summed E-state index contributed by atoms with van der Waals surface area (Å²) in [5, 5.41) is 0. The average Bonchev–Trinajstić information content (AvgIpc) is 3.27. The van der Waals surface area contributed by atoms with Crippen molar-refractivity contribution < 1.29 is 23.9 Å². The van der Waals surface area contributed by atoms with E-state index in [-0.39, 0.29) is 28.9 Å². The lowest BCUT2D eigenvalue weighted by Gasteiger charge is -2.56. The Morgan fingerprint density at radius 3 is 2.54 bits per heavy atom. The van der Waals surface area contributed by atoms with E-state index in [0.717, 1.165) is 51.4 Å². The molecule has 37 heavy (non-hydrogen) atoms. The van der Waals surface area contributed by atoms with Gasteiger partial charge >= 0.3 is 11.9 Å². The maximum atomic E-state index is 13.9. The largest absolute Gasteiger partial charge is 0.469 e. The molecule has 0 saturated heterocycles. The first-order valence-corrected chi connectivity index (χ1v) is 14.3. The van der Waals surface area contributed by atoms with Gasteiger partial charge in [-0.2, -0.15) is 0 Å². The zero-order chi connectivity index (χ0) is 26.4. The number of hydrogen-bond acceptors (Lipinski definition) is 5. The normalized spacial score (nSPS) is 37.5. The highest BCUT2D eigenvalue weighted by Gasteiger charge is 2.61. The Morgan fingerprint density at radius 2 is 1.81 bits per heavy atom. The van der Waals surface area contributed by atoms with Crippen LogP contribution in [-0.2, 0) is 19.1 Å². The molecule has 200 valence electrons. The molecule has 0 heterocycles. The summed E-state index contributed by atoms with van der Waals surface area (Å²) >= 11 is 0. The lowest BCUT2D eigenvalue weighted by Crippen LogP contribution is -2.52. The summed E-state index contributed by atoms with van der Waals surface area (Å²) in [4.78, 5) is 38.3. The summed E-state index contributed by atoms with van der Waals surface area (Å²) in [6.07, 6.45) is 10.3. The Balaban J connectivity index is 1.31. The number of esters is 2. The van der Waals surface area contributed by atoms with Crippen LogP contribution in [0, 0.1) is 40.4 Å². The molecule has 5 heteroatoms. The molecule has 4 aliphatic carbocycles. The minimum atomic E-state index is -0.338. The van der Waals surface area contributed by atoms with Crippen LogP contribution in [0.1, 0.15) is 88.9 Å². The number of hydrogen-bond donors (Lipinski definition) is 0. The topological polar surface area (TPSA) is 69.7 Å². The molecule has 0 bridgehead atoms. The van der Waals surface area contributed by atoms with Crippen LogP contribution in [0.5, 0.6) is 0 Å². The van der Waals surface area contributed by atoms with Crippen molar-refractivity contribution in [2.24, 2.45) is 40.4 Å². The van der Waals surface area contributed by atoms with Crippen molar-refractivity contribution in [2.75, 3.05) is 7.11 Å². The van der Waals surface area contributed by atoms with Gasteiger partial charge in [-0.15, -0.1) is 0 Å². The third-order valence-electron chi connectivity index (χ3n) is 11.0. The molecule has 0 aliphatic heterocycles. The second kappa shape index (κ2) is 10.0. The number of allylic oxidation sites excluding steroid dienone is 2. The monoisotopic (exact) mass is 506 g/mol. The quantitative estimate of drug-likeness (QED) is 0.409. The van der Waals surface area contributed by atoms with Crippen LogP contribution in [0.3, 0.4) is 0 Å². The van der Waals surface area contributed by atoms with E-state index >= 15 is 0 Å². The Hall–Kier alpha value is -2.43. The maximum Gasteiger partial charge on any atom is 0.338 e. The molecular formula is C32H42O5. The second-order valence-electron chi connectivity index (χ2n) is 12.6. The van der Waals surface area contributed by atoms with Crippen LogP contribution in [0.4, 0.5) is 0 Å². The Bertz CT molecular complexity index is 1080. The number of benzene rings is 1. The number of carbonyl (C=O) groups excluding carboxylic acids is 3. The first-order chi connectivity index (χ1) is 17.7. The van der Waals surface area contributed by atoms with Gasteiger partial charge < -0.3 is 9.47 Å². The molecule has 1 aromatic rings. The molecule has 8 atom stereocenters. The number of ketones is 1. The molecule has 5 nitrogen and oxygen atoms in total. The molecule has 5 rings (SSSR count). The van der Waals surface area contributed by atoms with E-state index in [0.29, 0.717) is 47.4 Å². The van der Waals surface area contributed by atoms with Gasteiger partial charge in [0, 0.05) is 11.8 Å². The smallest absolute Gasteiger partial charge is 0.338 e. The molecule has 0 radical (unpaired) electrons. The van der Waals surface area contributed by atoms with Gasteiger partial charge in [0.25, 0.3) is 0 Å². The molecule has 4 aliphatic rings. The molecule has 0 spiro atoms. The van der Waals surface area contributed by atoms with E-state index in [1.165, 1.54) is 12.7 Å². The molecule has 0 N–H and O–H groups in total. The number of fused-ring (bicyclic) bond motifs is 5. The summed E-state index contributed by atoms with van der Waals surface area (Å²) in [6.45, 7) is 6.80. The van der Waals surface area contributed by atoms with E-state index in [1.807, 2.05) is 18.2 Å². The lowest BCUT2D eigenvalue weighted by atomic mass is 9.48. The van der Waals surface area contributed by atoms with E-state index in [2.05, 4.69) is 26.8 Å². The van der Waals surface area contributed by atoms with Crippen molar-refractivity contribution in [1.29, 1.82) is 0 Å². The molecule has 0 unspecified atom stereocenters. The average molecular weight is 507 g/mol. The first-order valence-electron chi connectivity index (χ1n) is 14.3. The van der Waals surface area contributed by atoms with E-state index in [1.54, 1.807) is 12.1 Å². The van der Waals surface area contributed by atoms with Crippen LogP contribution < -0.4 is 0 Å². The fourth-order valence-corrected chi connectivity index (χ4v) is 8.77. The fourth-order valence-electron chi connectivity index (χ4n) is 8.77. The van der Waals surface area contributed by atoms with Gasteiger partial charge in [0.05, 0.1) is 12.7 Å². The molecule has 0 amide bonds. The van der Waals surface area contributed by atoms with Crippen molar-refractivity contribution >= 4 is 17.7 Å². The van der Waals surface area contributed by atoms with Gasteiger partial charge in [-0.3, -0.25) is 9.59 Å². The van der Waals surface area contributed by atoms with Crippen LogP contribution in [0.15, 0.2) is 42.0 Å². The van der Waals surface area contributed by atoms with Gasteiger partial charge in [-0.05, 0) is 105 Å². The molecule has 1 aromatic carbocycles. The minimum Gasteiger partial charge on any atom is -0.469 e. The van der Waals surface area contributed by atoms with Gasteiger partial charge in [0.2, 0.25) is 0 Å². The zero-order valence-corrected chi connectivity index (χ0v) is 22.8. The molecule has 3 saturated carbocycles. The summed E-state index contributed by atoms with van der Waals surface area (Å²) < 4.78 is 10.8. The highest BCUT2D eigenvalue weighted by Crippen LogP contribution is 2.65. The van der Waals surface area contributed by atoms with E-state index < -0.39 is 0 Å². The lowest BCUT2D eigenvalue weighted by molar-refractivity contribution is -0.141. The molecular weight excluding hydrogens is 464 g/mol. The zero-order valence-electron chi connectivity index (χ0n) is 22.8. The van der Waals surface area contributed by atoms with Crippen molar-refractivity contribution in [1.82, 2.24) is 0 Å². The fraction of sp³-hybridized carbons (Fsp3) is 0.656. The van der Waals surface area contributed by atoms with Crippen LogP contribution in [-0.4, -0.2) is 30.9 Å². The van der Waals surface area contributed by atoms with Gasteiger partial charge in [-0.1, -0.05) is 44.5 Å². The second-order valence-corrected chi connectivity index (χ2v) is 12.6. The molecule has 0 aromatic heterocycles. The highest BCUT2D eigenvalue weighted by molar-refractivity contribution is 5.97. The van der Waals surface area contributed by atoms with Crippen molar-refractivity contribution in [3.05, 3.63) is 47.5 Å². The maximum absolute atomic E-state index is 13.9. The third kappa shape index (κ3) is 4.46. The predicted molar refractivity (Wildman–Crippen MR) is 142 cm³/mol.